The number of hydrogen-bond donors (Lipinski definition) is 1. The predicted octanol–water partition coefficient (Wildman–Crippen LogP) is 23.3. The molecule has 4 nitrogen and oxygen atoms in total. The summed E-state index contributed by atoms with van der Waals surface area (Å²) in [5.74, 6) is 0.0341. The van der Waals surface area contributed by atoms with E-state index >= 15 is 4.79 Å². The van der Waals surface area contributed by atoms with Crippen molar-refractivity contribution in [2.75, 3.05) is 18.0 Å². The number of anilines is 1. The third-order valence-electron chi connectivity index (χ3n) is 19.2. The van der Waals surface area contributed by atoms with Crippen LogP contribution in [-0.4, -0.2) is 66.6 Å². The zero-order valence-electron chi connectivity index (χ0n) is 58.5. The van der Waals surface area contributed by atoms with E-state index in [4.69, 9.17) is 0 Å². The Balaban J connectivity index is 0.955. The number of thiophene rings is 6. The fourth-order valence-electron chi connectivity index (χ4n) is 13.4. The standard InChI is InChI=1S/C78H100N2O2S6Si4/c1-19-21-23-25-27-29-43-79-59-33-31-51(65-47-53(61-35-39-69(83-61)89(7,8)9)75(87-65)63-37-41-71(85-63)91(13,14)15)45-57(59)77(3,4)67(79)49-55-73(81)56(74(55)82)50-68-78(5,6)58-46-52(32-34-60(58)80(68)44-30-28-26-24-22-20-2)66-48-54(62-36-40-70(84-62)90(10,11)12)76(88-66)64-38-42-72(86-64)92(16,17)18/h31-42,45-50H,19-30,43-44H2,1-18H3/p+1. The van der Waals surface area contributed by atoms with E-state index in [-0.39, 0.29) is 11.5 Å². The molecule has 8 heterocycles. The Bertz CT molecular complexity index is 4050. The number of Topliss-reactive ketones (excluding diaryl/α,β-unsaturated/α-hetero) is 1. The first-order valence-electron chi connectivity index (χ1n) is 34.2. The Labute approximate surface area is 580 Å². The van der Waals surface area contributed by atoms with Gasteiger partial charge in [-0.15, -0.1) is 68.0 Å². The number of aliphatic hydroxyl groups is 1. The van der Waals surface area contributed by atoms with Gasteiger partial charge in [-0.3, -0.25) is 4.79 Å². The second kappa shape index (κ2) is 26.9. The number of rotatable bonds is 26. The minimum atomic E-state index is -1.50. The smallest absolute Gasteiger partial charge is 0.209 e. The molecule has 1 aliphatic carbocycles. The molecule has 14 heteroatoms. The first-order chi connectivity index (χ1) is 43.4. The fraction of sp³-hybridized carbons (Fsp3) is 0.436. The van der Waals surface area contributed by atoms with E-state index in [0.717, 1.165) is 50.2 Å². The van der Waals surface area contributed by atoms with Crippen molar-refractivity contribution in [3.8, 4) is 61.3 Å². The second-order valence-electron chi connectivity index (χ2n) is 31.5. The van der Waals surface area contributed by atoms with Gasteiger partial charge in [0.05, 0.1) is 58.6 Å². The Morgan fingerprint density at radius 3 is 1.37 bits per heavy atom. The molecule has 0 radical (unpaired) electrons. The summed E-state index contributed by atoms with van der Waals surface area (Å²) < 4.78 is 8.65. The lowest BCUT2D eigenvalue weighted by molar-refractivity contribution is -0.438. The summed E-state index contributed by atoms with van der Waals surface area (Å²) in [6.45, 7) is 45.1. The summed E-state index contributed by atoms with van der Waals surface area (Å²) in [7, 11) is -6.00. The lowest BCUT2D eigenvalue weighted by Crippen LogP contribution is -2.34. The van der Waals surface area contributed by atoms with Crippen molar-refractivity contribution in [1.29, 1.82) is 0 Å². The van der Waals surface area contributed by atoms with E-state index in [1.54, 1.807) is 9.00 Å². The van der Waals surface area contributed by atoms with Gasteiger partial charge in [0.2, 0.25) is 11.5 Å². The van der Waals surface area contributed by atoms with Gasteiger partial charge in [0.25, 0.3) is 0 Å². The van der Waals surface area contributed by atoms with Crippen LogP contribution in [0, 0.1) is 0 Å². The Hall–Kier alpha value is -4.33. The summed E-state index contributed by atoms with van der Waals surface area (Å²) >= 11 is 11.9. The molecule has 2 aromatic carbocycles. The summed E-state index contributed by atoms with van der Waals surface area (Å²) in [6.07, 6.45) is 18.5. The van der Waals surface area contributed by atoms with Gasteiger partial charge in [-0.2, -0.15) is 4.58 Å². The molecular formula is C78H101N2O2S6Si4+. The van der Waals surface area contributed by atoms with Gasteiger partial charge in [-0.05, 0) is 128 Å². The maximum absolute atomic E-state index is 15.1. The largest absolute Gasteiger partial charge is 0.506 e. The summed E-state index contributed by atoms with van der Waals surface area (Å²) in [6, 6.07) is 38.4. The maximum Gasteiger partial charge on any atom is 0.209 e. The number of unbranched alkanes of at least 4 members (excludes halogenated alkanes) is 10. The number of carbonyl (C=O) groups excluding carboxylic acids is 1. The Kier molecular flexibility index (Phi) is 20.2. The van der Waals surface area contributed by atoms with Crippen molar-refractivity contribution >= 4 is 141 Å². The van der Waals surface area contributed by atoms with Crippen LogP contribution < -0.4 is 22.9 Å². The average Bonchev–Trinajstić information content (AvgIpc) is 1.56. The topological polar surface area (TPSA) is 43.5 Å². The number of fused-ring (bicyclic) bond motifs is 2. The zero-order valence-corrected chi connectivity index (χ0v) is 67.4. The maximum atomic E-state index is 15.1. The van der Waals surface area contributed by atoms with Gasteiger partial charge in [0.15, 0.2) is 5.71 Å². The van der Waals surface area contributed by atoms with E-state index in [9.17, 15) is 5.11 Å². The monoisotopic (exact) mass is 1400 g/mol. The van der Waals surface area contributed by atoms with Crippen molar-refractivity contribution in [3.05, 3.63) is 143 Å². The normalized spacial score (nSPS) is 16.7. The number of carbonyl (C=O) groups is 1. The molecule has 0 spiro atoms. The number of ketones is 1. The van der Waals surface area contributed by atoms with E-state index < -0.39 is 43.1 Å². The lowest BCUT2D eigenvalue weighted by Gasteiger charge is -2.29. The van der Waals surface area contributed by atoms with Gasteiger partial charge in [0, 0.05) is 87.9 Å². The highest BCUT2D eigenvalue weighted by atomic mass is 32.1. The number of aliphatic hydroxyl groups excluding tert-OH is 1. The molecule has 0 fully saturated rings. The van der Waals surface area contributed by atoms with Crippen LogP contribution in [0.5, 0.6) is 0 Å². The molecule has 0 saturated carbocycles. The van der Waals surface area contributed by atoms with Gasteiger partial charge in [-0.1, -0.05) is 194 Å². The van der Waals surface area contributed by atoms with Crippen LogP contribution in [-0.2, 0) is 15.6 Å². The number of hydrogen-bond acceptors (Lipinski definition) is 9. The second-order valence-corrected chi connectivity index (χ2v) is 59.5. The number of allylic oxidation sites excluding steroid dienone is 5. The average molecular weight is 1400 g/mol. The quantitative estimate of drug-likeness (QED) is 0.0254. The number of benzene rings is 2. The minimum Gasteiger partial charge on any atom is -0.506 e. The third kappa shape index (κ3) is 14.0. The first-order valence-corrected chi connectivity index (χ1v) is 53.1. The molecule has 2 aliphatic heterocycles. The van der Waals surface area contributed by atoms with Crippen molar-refractivity contribution in [3.63, 3.8) is 0 Å². The summed E-state index contributed by atoms with van der Waals surface area (Å²) in [5, 5.41) is 12.5. The number of nitrogens with zero attached hydrogens (tertiary/aromatic N) is 2. The highest BCUT2D eigenvalue weighted by Crippen LogP contribution is 2.54. The van der Waals surface area contributed by atoms with E-state index in [1.807, 2.05) is 68.0 Å². The molecule has 6 aromatic heterocycles. The van der Waals surface area contributed by atoms with E-state index in [2.05, 4.69) is 239 Å². The molecule has 0 amide bonds. The van der Waals surface area contributed by atoms with Gasteiger partial charge in [0.1, 0.15) is 12.3 Å². The van der Waals surface area contributed by atoms with Crippen LogP contribution >= 0.6 is 68.0 Å². The van der Waals surface area contributed by atoms with Crippen LogP contribution in [0.1, 0.15) is 130 Å². The van der Waals surface area contributed by atoms with Crippen LogP contribution in [0.15, 0.2) is 132 Å². The van der Waals surface area contributed by atoms with E-state index in [1.165, 1.54) is 144 Å². The molecule has 11 rings (SSSR count). The summed E-state index contributed by atoms with van der Waals surface area (Å²) in [4.78, 5) is 28.4. The summed E-state index contributed by atoms with van der Waals surface area (Å²) in [5.41, 5.74) is 12.2. The van der Waals surface area contributed by atoms with Crippen LogP contribution in [0.25, 0.3) is 61.3 Å². The molecule has 0 saturated heterocycles. The lowest BCUT2D eigenvalue weighted by atomic mass is 9.77. The fourth-order valence-corrected chi connectivity index (χ4v) is 27.8. The van der Waals surface area contributed by atoms with E-state index in [0.29, 0.717) is 11.1 Å². The van der Waals surface area contributed by atoms with Crippen molar-refractivity contribution in [2.24, 2.45) is 0 Å². The molecule has 0 unspecified atom stereocenters. The van der Waals surface area contributed by atoms with Gasteiger partial charge < -0.3 is 10.0 Å². The molecule has 3 aliphatic rings. The Morgan fingerprint density at radius 2 is 0.902 bits per heavy atom. The minimum absolute atomic E-state index is 0.0767. The molecule has 92 heavy (non-hydrogen) atoms. The zero-order chi connectivity index (χ0) is 66.0. The van der Waals surface area contributed by atoms with Gasteiger partial charge >= 0.3 is 0 Å². The molecular weight excluding hydrogens is 1300 g/mol. The molecule has 0 atom stereocenters. The predicted molar refractivity (Wildman–Crippen MR) is 425 cm³/mol. The highest BCUT2D eigenvalue weighted by Gasteiger charge is 2.48. The van der Waals surface area contributed by atoms with Crippen molar-refractivity contribution in [1.82, 2.24) is 0 Å². The molecule has 486 valence electrons. The molecule has 0 bridgehead atoms. The Morgan fingerprint density at radius 1 is 0.467 bits per heavy atom. The first kappa shape index (κ1) is 69.0. The SMILES string of the molecule is CCCCCCCCN1/C(=C/C2=C(O)C(=C\C3=[N+](CCCCCCCC)c4ccc(-c5cc(-c6ccc([Si](C)(C)C)s6)c(-c6ccc([Si](C)(C)C)s6)s5)cc4C3(C)C)/C2=O)C(C)(C)c2cc(-c3cc(-c4ccc([Si](C)(C)C)s4)c(-c4ccc([Si](C)(C)C)s4)s3)ccc21. The van der Waals surface area contributed by atoms with Gasteiger partial charge in [-0.25, -0.2) is 0 Å². The molecule has 8 aromatic rings. The van der Waals surface area contributed by atoms with Crippen LogP contribution in [0.4, 0.5) is 11.4 Å². The van der Waals surface area contributed by atoms with Crippen molar-refractivity contribution in [2.45, 2.75) is 208 Å². The highest BCUT2D eigenvalue weighted by molar-refractivity contribution is 7.33. The van der Waals surface area contributed by atoms with Crippen molar-refractivity contribution < 1.29 is 14.5 Å². The third-order valence-corrected chi connectivity index (χ3v) is 40.8. The van der Waals surface area contributed by atoms with Crippen LogP contribution in [0.3, 0.4) is 0 Å². The van der Waals surface area contributed by atoms with Crippen LogP contribution in [0.2, 0.25) is 78.6 Å². The molecule has 1 N–H and O–H groups in total.